The summed E-state index contributed by atoms with van der Waals surface area (Å²) >= 11 is 0. The van der Waals surface area contributed by atoms with Crippen LogP contribution < -0.4 is 0 Å². The fourth-order valence-corrected chi connectivity index (χ4v) is 1.71. The van der Waals surface area contributed by atoms with Gasteiger partial charge in [-0.05, 0) is 30.2 Å². The van der Waals surface area contributed by atoms with Crippen LogP contribution in [0.15, 0.2) is 18.2 Å². The predicted molar refractivity (Wildman–Crippen MR) is 64.5 cm³/mol. The fraction of sp³-hybridized carbons (Fsp3) is 0.462. The minimum atomic E-state index is -4.41. The molecule has 0 fully saturated rings. The van der Waals surface area contributed by atoms with E-state index in [1.54, 1.807) is 0 Å². The Morgan fingerprint density at radius 1 is 1.37 bits per heavy atom. The molecule has 1 amide bonds. The maximum absolute atomic E-state index is 12.6. The third-order valence-corrected chi connectivity index (χ3v) is 2.74. The van der Waals surface area contributed by atoms with Crippen molar-refractivity contribution in [1.29, 1.82) is 0 Å². The van der Waals surface area contributed by atoms with E-state index in [1.165, 1.54) is 20.2 Å². The summed E-state index contributed by atoms with van der Waals surface area (Å²) in [4.78, 5) is 16.7. The lowest BCUT2D eigenvalue weighted by Crippen LogP contribution is -2.26. The lowest BCUT2D eigenvalue weighted by molar-refractivity contribution is -0.137. The zero-order valence-corrected chi connectivity index (χ0v) is 11.0. The standard InChI is InChI=1S/C13H16F3NO2/c1-4-5-9-8-10(13(14,15)16)6-7-11(9)12(18)17(2)19-3/h6-8H,4-5H2,1-3H3. The van der Waals surface area contributed by atoms with Crippen molar-refractivity contribution in [2.75, 3.05) is 14.2 Å². The number of carbonyl (C=O) groups is 1. The Balaban J connectivity index is 3.22. The molecule has 6 heteroatoms. The van der Waals surface area contributed by atoms with Gasteiger partial charge in [-0.3, -0.25) is 9.63 Å². The largest absolute Gasteiger partial charge is 0.416 e. The van der Waals surface area contributed by atoms with Gasteiger partial charge in [-0.25, -0.2) is 5.06 Å². The van der Waals surface area contributed by atoms with Gasteiger partial charge < -0.3 is 0 Å². The molecule has 0 spiro atoms. The number of benzene rings is 1. The summed E-state index contributed by atoms with van der Waals surface area (Å²) in [5.74, 6) is -0.459. The SMILES string of the molecule is CCCc1cc(C(F)(F)F)ccc1C(=O)N(C)OC. The summed E-state index contributed by atoms with van der Waals surface area (Å²) in [6, 6.07) is 3.14. The second-order valence-corrected chi connectivity index (χ2v) is 4.10. The molecule has 0 bridgehead atoms. The monoisotopic (exact) mass is 275 g/mol. The predicted octanol–water partition coefficient (Wildman–Crippen LogP) is 3.29. The Morgan fingerprint density at radius 3 is 2.47 bits per heavy atom. The van der Waals surface area contributed by atoms with Gasteiger partial charge in [0, 0.05) is 12.6 Å². The van der Waals surface area contributed by atoms with E-state index in [2.05, 4.69) is 0 Å². The van der Waals surface area contributed by atoms with E-state index in [4.69, 9.17) is 4.84 Å². The molecule has 0 aliphatic carbocycles. The Hall–Kier alpha value is -1.56. The number of carbonyl (C=O) groups excluding carboxylic acids is 1. The number of hydroxylamine groups is 2. The first-order valence-corrected chi connectivity index (χ1v) is 5.83. The van der Waals surface area contributed by atoms with Crippen LogP contribution in [0.3, 0.4) is 0 Å². The molecule has 0 aliphatic rings. The zero-order chi connectivity index (χ0) is 14.6. The van der Waals surface area contributed by atoms with Crippen LogP contribution in [-0.4, -0.2) is 25.1 Å². The van der Waals surface area contributed by atoms with Crippen molar-refractivity contribution < 1.29 is 22.8 Å². The van der Waals surface area contributed by atoms with Gasteiger partial charge in [0.05, 0.1) is 12.7 Å². The van der Waals surface area contributed by atoms with Crippen molar-refractivity contribution >= 4 is 5.91 Å². The van der Waals surface area contributed by atoms with Crippen LogP contribution in [0.1, 0.15) is 34.8 Å². The summed E-state index contributed by atoms with van der Waals surface area (Å²) in [7, 11) is 2.73. The van der Waals surface area contributed by atoms with Gasteiger partial charge in [0.15, 0.2) is 0 Å². The lowest BCUT2D eigenvalue weighted by Gasteiger charge is -2.17. The first kappa shape index (κ1) is 15.5. The highest BCUT2D eigenvalue weighted by molar-refractivity contribution is 5.95. The van der Waals surface area contributed by atoms with E-state index in [0.717, 1.165) is 17.2 Å². The number of alkyl halides is 3. The number of nitrogens with zero attached hydrogens (tertiary/aromatic N) is 1. The van der Waals surface area contributed by atoms with Crippen molar-refractivity contribution in [3.05, 3.63) is 34.9 Å². The molecule has 0 aromatic heterocycles. The third kappa shape index (κ3) is 3.70. The second kappa shape index (κ2) is 6.06. The molecule has 0 radical (unpaired) electrons. The number of rotatable bonds is 4. The van der Waals surface area contributed by atoms with Crippen LogP contribution in [0, 0.1) is 0 Å². The van der Waals surface area contributed by atoms with Crippen LogP contribution in [0.4, 0.5) is 13.2 Å². The molecule has 0 saturated heterocycles. The van der Waals surface area contributed by atoms with Gasteiger partial charge in [0.2, 0.25) is 0 Å². The Morgan fingerprint density at radius 2 is 2.00 bits per heavy atom. The van der Waals surface area contributed by atoms with Crippen molar-refractivity contribution in [2.45, 2.75) is 25.9 Å². The highest BCUT2D eigenvalue weighted by Crippen LogP contribution is 2.31. The molecule has 1 aromatic carbocycles. The number of aryl methyl sites for hydroxylation is 1. The Bertz CT molecular complexity index is 458. The summed E-state index contributed by atoms with van der Waals surface area (Å²) in [5, 5.41) is 0.988. The molecule has 19 heavy (non-hydrogen) atoms. The van der Waals surface area contributed by atoms with Gasteiger partial charge in [0.1, 0.15) is 0 Å². The third-order valence-electron chi connectivity index (χ3n) is 2.74. The molecule has 0 atom stereocenters. The normalized spacial score (nSPS) is 11.5. The van der Waals surface area contributed by atoms with Crippen molar-refractivity contribution in [1.82, 2.24) is 5.06 Å². The lowest BCUT2D eigenvalue weighted by atomic mass is 9.99. The summed E-state index contributed by atoms with van der Waals surface area (Å²) in [6.07, 6.45) is -3.35. The molecular weight excluding hydrogens is 259 g/mol. The first-order valence-electron chi connectivity index (χ1n) is 5.83. The van der Waals surface area contributed by atoms with Crippen LogP contribution >= 0.6 is 0 Å². The molecule has 106 valence electrons. The molecule has 0 aliphatic heterocycles. The minimum absolute atomic E-state index is 0.235. The molecule has 0 heterocycles. The molecule has 1 aromatic rings. The number of hydrogen-bond donors (Lipinski definition) is 0. The van der Waals surface area contributed by atoms with Crippen LogP contribution in [-0.2, 0) is 17.4 Å². The maximum atomic E-state index is 12.6. The van der Waals surface area contributed by atoms with Crippen molar-refractivity contribution in [3.8, 4) is 0 Å². The first-order chi connectivity index (χ1) is 8.81. The molecule has 1 rings (SSSR count). The average Bonchev–Trinajstić information content (AvgIpc) is 2.36. The van der Waals surface area contributed by atoms with E-state index in [-0.39, 0.29) is 5.56 Å². The van der Waals surface area contributed by atoms with Crippen LogP contribution in [0.25, 0.3) is 0 Å². The maximum Gasteiger partial charge on any atom is 0.416 e. The van der Waals surface area contributed by atoms with E-state index < -0.39 is 17.6 Å². The second-order valence-electron chi connectivity index (χ2n) is 4.10. The zero-order valence-electron chi connectivity index (χ0n) is 11.0. The molecule has 0 N–H and O–H groups in total. The highest BCUT2D eigenvalue weighted by atomic mass is 19.4. The topological polar surface area (TPSA) is 29.5 Å². The summed E-state index contributed by atoms with van der Waals surface area (Å²) in [5.41, 5.74) is -0.127. The average molecular weight is 275 g/mol. The summed E-state index contributed by atoms with van der Waals surface area (Å²) in [6.45, 7) is 1.84. The summed E-state index contributed by atoms with van der Waals surface area (Å²) < 4.78 is 37.9. The highest BCUT2D eigenvalue weighted by Gasteiger charge is 2.31. The fourth-order valence-electron chi connectivity index (χ4n) is 1.71. The van der Waals surface area contributed by atoms with E-state index in [0.29, 0.717) is 18.4 Å². The van der Waals surface area contributed by atoms with Gasteiger partial charge in [0.25, 0.3) is 5.91 Å². The van der Waals surface area contributed by atoms with Crippen molar-refractivity contribution in [3.63, 3.8) is 0 Å². The van der Waals surface area contributed by atoms with Gasteiger partial charge in [-0.2, -0.15) is 13.2 Å². The van der Waals surface area contributed by atoms with Crippen molar-refractivity contribution in [2.24, 2.45) is 0 Å². The molecular formula is C13H16F3NO2. The molecule has 0 saturated carbocycles. The van der Waals surface area contributed by atoms with Gasteiger partial charge in [-0.1, -0.05) is 13.3 Å². The van der Waals surface area contributed by atoms with Crippen LogP contribution in [0.5, 0.6) is 0 Å². The van der Waals surface area contributed by atoms with Gasteiger partial charge in [-0.15, -0.1) is 0 Å². The Labute approximate surface area is 109 Å². The molecule has 0 unspecified atom stereocenters. The smallest absolute Gasteiger partial charge is 0.274 e. The van der Waals surface area contributed by atoms with E-state index in [1.807, 2.05) is 6.92 Å². The van der Waals surface area contributed by atoms with Crippen LogP contribution in [0.2, 0.25) is 0 Å². The minimum Gasteiger partial charge on any atom is -0.274 e. The Kier molecular flexibility index (Phi) is 4.94. The quantitative estimate of drug-likeness (QED) is 0.789. The van der Waals surface area contributed by atoms with Gasteiger partial charge >= 0.3 is 6.18 Å². The van der Waals surface area contributed by atoms with E-state index >= 15 is 0 Å². The number of hydrogen-bond acceptors (Lipinski definition) is 2. The number of halogens is 3. The molecule has 3 nitrogen and oxygen atoms in total. The van der Waals surface area contributed by atoms with E-state index in [9.17, 15) is 18.0 Å². The number of amides is 1.